The Morgan fingerprint density at radius 1 is 1.53 bits per heavy atom. The third kappa shape index (κ3) is 4.00. The van der Waals surface area contributed by atoms with Crippen molar-refractivity contribution in [1.82, 2.24) is 5.32 Å². The first-order valence-electron chi connectivity index (χ1n) is 5.65. The molecular weight excluding hydrogens is 241 g/mol. The third-order valence-electron chi connectivity index (χ3n) is 2.93. The molecule has 0 spiro atoms. The van der Waals surface area contributed by atoms with E-state index in [1.165, 1.54) is 18.2 Å². The minimum atomic E-state index is -0.409. The fourth-order valence-corrected chi connectivity index (χ4v) is 1.93. The Kier molecular flexibility index (Phi) is 4.94. The molecule has 0 fully saturated rings. The van der Waals surface area contributed by atoms with Crippen LogP contribution in [0.15, 0.2) is 24.3 Å². The number of carbonyl (C=O) groups is 1. The Bertz CT molecular complexity index is 397. The van der Waals surface area contributed by atoms with Crippen molar-refractivity contribution in [2.24, 2.45) is 0 Å². The molecule has 1 rings (SSSR count). The van der Waals surface area contributed by atoms with Gasteiger partial charge < -0.3 is 5.32 Å². The highest BCUT2D eigenvalue weighted by Crippen LogP contribution is 2.16. The zero-order chi connectivity index (χ0) is 12.9. The van der Waals surface area contributed by atoms with Crippen molar-refractivity contribution >= 4 is 17.5 Å². The SMILES string of the molecule is CCC(C)(CCCl)NC(=O)c1cccc(F)c1. The molecule has 1 aromatic carbocycles. The number of carbonyl (C=O) groups excluding carboxylic acids is 1. The monoisotopic (exact) mass is 257 g/mol. The lowest BCUT2D eigenvalue weighted by Crippen LogP contribution is -2.45. The van der Waals surface area contributed by atoms with Crippen LogP contribution >= 0.6 is 11.6 Å². The van der Waals surface area contributed by atoms with E-state index in [0.717, 1.165) is 6.42 Å². The van der Waals surface area contributed by atoms with Gasteiger partial charge >= 0.3 is 0 Å². The van der Waals surface area contributed by atoms with E-state index in [2.05, 4.69) is 5.32 Å². The van der Waals surface area contributed by atoms with Crippen molar-refractivity contribution in [3.8, 4) is 0 Å². The van der Waals surface area contributed by atoms with E-state index in [0.29, 0.717) is 17.9 Å². The highest BCUT2D eigenvalue weighted by atomic mass is 35.5. The van der Waals surface area contributed by atoms with Crippen molar-refractivity contribution in [3.05, 3.63) is 35.6 Å². The highest BCUT2D eigenvalue weighted by Gasteiger charge is 2.24. The quantitative estimate of drug-likeness (QED) is 0.806. The molecule has 0 heterocycles. The molecule has 1 amide bonds. The fourth-order valence-electron chi connectivity index (χ4n) is 1.51. The maximum Gasteiger partial charge on any atom is 0.251 e. The van der Waals surface area contributed by atoms with E-state index >= 15 is 0 Å². The molecule has 1 atom stereocenters. The van der Waals surface area contributed by atoms with Gasteiger partial charge in [0.25, 0.3) is 5.91 Å². The molecule has 4 heteroatoms. The molecule has 2 nitrogen and oxygen atoms in total. The number of hydrogen-bond donors (Lipinski definition) is 1. The zero-order valence-corrected chi connectivity index (χ0v) is 10.9. The van der Waals surface area contributed by atoms with E-state index in [4.69, 9.17) is 11.6 Å². The second kappa shape index (κ2) is 6.01. The highest BCUT2D eigenvalue weighted by molar-refractivity contribution is 6.17. The Morgan fingerprint density at radius 3 is 2.76 bits per heavy atom. The predicted octanol–water partition coefficient (Wildman–Crippen LogP) is 3.35. The van der Waals surface area contributed by atoms with Crippen LogP contribution in [-0.4, -0.2) is 17.3 Å². The molecule has 0 radical (unpaired) electrons. The van der Waals surface area contributed by atoms with E-state index in [9.17, 15) is 9.18 Å². The number of rotatable bonds is 5. The molecule has 0 aliphatic carbocycles. The molecule has 0 aromatic heterocycles. The normalized spacial score (nSPS) is 14.1. The van der Waals surface area contributed by atoms with Crippen LogP contribution < -0.4 is 5.32 Å². The summed E-state index contributed by atoms with van der Waals surface area (Å²) in [7, 11) is 0. The van der Waals surface area contributed by atoms with Gasteiger partial charge in [-0.3, -0.25) is 4.79 Å². The molecule has 1 unspecified atom stereocenters. The summed E-state index contributed by atoms with van der Waals surface area (Å²) in [5.74, 6) is -0.194. The summed E-state index contributed by atoms with van der Waals surface area (Å²) in [6, 6.07) is 5.66. The van der Waals surface area contributed by atoms with Gasteiger partial charge in [-0.2, -0.15) is 0 Å². The van der Waals surface area contributed by atoms with Gasteiger partial charge in [-0.15, -0.1) is 11.6 Å². The van der Waals surface area contributed by atoms with E-state index < -0.39 is 5.82 Å². The van der Waals surface area contributed by atoms with Gasteiger partial charge in [0.1, 0.15) is 5.82 Å². The molecule has 1 aromatic rings. The van der Waals surface area contributed by atoms with Gasteiger partial charge in [0.05, 0.1) is 0 Å². The van der Waals surface area contributed by atoms with E-state index in [1.54, 1.807) is 6.07 Å². The lowest BCUT2D eigenvalue weighted by Gasteiger charge is -2.29. The average Bonchev–Trinajstić information content (AvgIpc) is 2.29. The van der Waals surface area contributed by atoms with Gasteiger partial charge in [0, 0.05) is 17.0 Å². The van der Waals surface area contributed by atoms with Crippen LogP contribution in [0.25, 0.3) is 0 Å². The summed E-state index contributed by atoms with van der Waals surface area (Å²) in [4.78, 5) is 11.9. The predicted molar refractivity (Wildman–Crippen MR) is 67.9 cm³/mol. The average molecular weight is 258 g/mol. The number of benzene rings is 1. The van der Waals surface area contributed by atoms with Crippen molar-refractivity contribution in [1.29, 1.82) is 0 Å². The fraction of sp³-hybridized carbons (Fsp3) is 0.462. The largest absolute Gasteiger partial charge is 0.347 e. The molecule has 0 saturated heterocycles. The molecule has 17 heavy (non-hydrogen) atoms. The maximum absolute atomic E-state index is 13.0. The smallest absolute Gasteiger partial charge is 0.251 e. The summed E-state index contributed by atoms with van der Waals surface area (Å²) in [5.41, 5.74) is -0.00948. The van der Waals surface area contributed by atoms with Gasteiger partial charge in [0.15, 0.2) is 0 Å². The summed E-state index contributed by atoms with van der Waals surface area (Å²) in [6.07, 6.45) is 1.47. The lowest BCUT2D eigenvalue weighted by atomic mass is 9.95. The van der Waals surface area contributed by atoms with Crippen LogP contribution in [0.2, 0.25) is 0 Å². The molecule has 0 aliphatic rings. The second-order valence-corrected chi connectivity index (χ2v) is 4.70. The van der Waals surface area contributed by atoms with Crippen LogP contribution in [0.5, 0.6) is 0 Å². The Hall–Kier alpha value is -1.09. The zero-order valence-electron chi connectivity index (χ0n) is 10.1. The third-order valence-corrected chi connectivity index (χ3v) is 3.12. The van der Waals surface area contributed by atoms with Crippen LogP contribution in [0.3, 0.4) is 0 Å². The first-order chi connectivity index (χ1) is 8.00. The summed E-state index contributed by atoms with van der Waals surface area (Å²) >= 11 is 5.71. The minimum absolute atomic E-state index is 0.265. The van der Waals surface area contributed by atoms with Gasteiger partial charge in [0.2, 0.25) is 0 Å². The van der Waals surface area contributed by atoms with Gasteiger partial charge in [-0.05, 0) is 38.0 Å². The molecule has 0 aliphatic heterocycles. The van der Waals surface area contributed by atoms with Gasteiger partial charge in [-0.1, -0.05) is 13.0 Å². The number of nitrogens with one attached hydrogen (secondary N) is 1. The van der Waals surface area contributed by atoms with Crippen LogP contribution in [0.4, 0.5) is 4.39 Å². The van der Waals surface area contributed by atoms with E-state index in [-0.39, 0.29) is 11.4 Å². The molecule has 1 N–H and O–H groups in total. The van der Waals surface area contributed by atoms with Crippen molar-refractivity contribution in [2.45, 2.75) is 32.2 Å². The second-order valence-electron chi connectivity index (χ2n) is 4.32. The first-order valence-corrected chi connectivity index (χ1v) is 6.18. The molecule has 94 valence electrons. The van der Waals surface area contributed by atoms with E-state index in [1.807, 2.05) is 13.8 Å². The standard InChI is InChI=1S/C13H17ClFNO/c1-3-13(2,7-8-14)16-12(17)10-5-4-6-11(15)9-10/h4-6,9H,3,7-8H2,1-2H3,(H,16,17). The topological polar surface area (TPSA) is 29.1 Å². The number of hydrogen-bond acceptors (Lipinski definition) is 1. The first kappa shape index (κ1) is 14.0. The summed E-state index contributed by atoms with van der Waals surface area (Å²) in [6.45, 7) is 3.92. The van der Waals surface area contributed by atoms with Crippen LogP contribution in [0.1, 0.15) is 37.0 Å². The van der Waals surface area contributed by atoms with Crippen LogP contribution in [0, 0.1) is 5.82 Å². The Morgan fingerprint density at radius 2 is 2.24 bits per heavy atom. The minimum Gasteiger partial charge on any atom is -0.347 e. The Balaban J connectivity index is 2.77. The number of alkyl halides is 1. The maximum atomic E-state index is 13.0. The van der Waals surface area contributed by atoms with Crippen molar-refractivity contribution in [3.63, 3.8) is 0 Å². The number of halogens is 2. The molecule has 0 saturated carbocycles. The summed E-state index contributed by atoms with van der Waals surface area (Å²) in [5, 5.41) is 2.90. The van der Waals surface area contributed by atoms with Gasteiger partial charge in [-0.25, -0.2) is 4.39 Å². The van der Waals surface area contributed by atoms with Crippen molar-refractivity contribution < 1.29 is 9.18 Å². The molecule has 0 bridgehead atoms. The van der Waals surface area contributed by atoms with Crippen LogP contribution in [-0.2, 0) is 0 Å². The lowest BCUT2D eigenvalue weighted by molar-refractivity contribution is 0.0901. The Labute approximate surface area is 106 Å². The number of amides is 1. The van der Waals surface area contributed by atoms with Crippen molar-refractivity contribution in [2.75, 3.05) is 5.88 Å². The molecular formula is C13H17ClFNO. The summed E-state index contributed by atoms with van der Waals surface area (Å²) < 4.78 is 13.0.